The molecule has 2 rings (SSSR count). The molecule has 0 aromatic carbocycles. The molecule has 1 aliphatic rings. The first-order chi connectivity index (χ1) is 10.6. The maximum absolute atomic E-state index is 11.1. The highest BCUT2D eigenvalue weighted by molar-refractivity contribution is 6.63. The topological polar surface area (TPSA) is 77.7 Å². The van der Waals surface area contributed by atoms with E-state index in [1.165, 1.54) is 12.3 Å². The van der Waals surface area contributed by atoms with Crippen LogP contribution in [-0.4, -0.2) is 41.3 Å². The summed E-state index contributed by atoms with van der Waals surface area (Å²) in [6.45, 7) is 13.3. The summed E-state index contributed by atoms with van der Waals surface area (Å²) in [7, 11) is -0.678. The second-order valence-corrected chi connectivity index (χ2v) is 6.62. The van der Waals surface area contributed by atoms with Crippen molar-refractivity contribution < 1.29 is 14.2 Å². The molecule has 8 heteroatoms. The van der Waals surface area contributed by atoms with Crippen LogP contribution in [0.5, 0.6) is 0 Å². The lowest BCUT2D eigenvalue weighted by Gasteiger charge is -2.32. The fourth-order valence-electron chi connectivity index (χ4n) is 2.49. The molecule has 0 bridgehead atoms. The quantitative estimate of drug-likeness (QED) is 0.470. The summed E-state index contributed by atoms with van der Waals surface area (Å²) in [6.07, 6.45) is 1.28. The van der Waals surface area contributed by atoms with Gasteiger partial charge >= 0.3 is 7.12 Å². The van der Waals surface area contributed by atoms with Gasteiger partial charge in [0.2, 0.25) is 0 Å². The lowest BCUT2D eigenvalue weighted by molar-refractivity contribution is -0.385. The zero-order chi connectivity index (χ0) is 17.4. The van der Waals surface area contributed by atoms with Gasteiger partial charge in [-0.15, -0.1) is 0 Å². The van der Waals surface area contributed by atoms with Crippen molar-refractivity contribution in [2.24, 2.45) is 0 Å². The zero-order valence-corrected chi connectivity index (χ0v) is 14.6. The summed E-state index contributed by atoms with van der Waals surface area (Å²) in [4.78, 5) is 17.0. The molecule has 1 saturated heterocycles. The van der Waals surface area contributed by atoms with Crippen LogP contribution < -0.4 is 10.4 Å². The lowest BCUT2D eigenvalue weighted by Crippen LogP contribution is -2.41. The molecule has 0 aliphatic carbocycles. The van der Waals surface area contributed by atoms with Gasteiger partial charge in [-0.2, -0.15) is 0 Å². The van der Waals surface area contributed by atoms with Crippen LogP contribution in [0.3, 0.4) is 0 Å². The van der Waals surface area contributed by atoms with Crippen LogP contribution in [-0.2, 0) is 9.31 Å². The predicted molar refractivity (Wildman–Crippen MR) is 90.2 cm³/mol. The first kappa shape index (κ1) is 17.7. The number of rotatable bonds is 5. The normalized spacial score (nSPS) is 19.0. The molecule has 0 atom stereocenters. The molecule has 0 N–H and O–H groups in total. The van der Waals surface area contributed by atoms with Gasteiger partial charge < -0.3 is 14.2 Å². The fraction of sp³-hybridized carbons (Fsp3) is 0.667. The largest absolute Gasteiger partial charge is 0.498 e. The van der Waals surface area contributed by atoms with Crippen molar-refractivity contribution >= 4 is 24.1 Å². The van der Waals surface area contributed by atoms with Gasteiger partial charge in [0.1, 0.15) is 12.0 Å². The van der Waals surface area contributed by atoms with E-state index in [2.05, 4.69) is 4.98 Å². The number of aromatic nitrogens is 1. The number of hydrogen-bond acceptors (Lipinski definition) is 6. The highest BCUT2D eigenvalue weighted by Gasteiger charge is 2.53. The van der Waals surface area contributed by atoms with Crippen LogP contribution in [0.1, 0.15) is 41.5 Å². The van der Waals surface area contributed by atoms with E-state index >= 15 is 0 Å². The van der Waals surface area contributed by atoms with Crippen molar-refractivity contribution in [3.63, 3.8) is 0 Å². The number of anilines is 1. The Hall–Kier alpha value is -1.67. The minimum absolute atomic E-state index is 0.0642. The second kappa shape index (κ2) is 6.09. The summed E-state index contributed by atoms with van der Waals surface area (Å²) in [5.74, 6) is 0.666. The molecule has 2 heterocycles. The van der Waals surface area contributed by atoms with Crippen molar-refractivity contribution in [1.82, 2.24) is 4.98 Å². The molecule has 1 fully saturated rings. The van der Waals surface area contributed by atoms with E-state index in [0.717, 1.165) is 13.1 Å². The van der Waals surface area contributed by atoms with Crippen molar-refractivity contribution in [3.05, 3.63) is 22.4 Å². The average molecular weight is 321 g/mol. The summed E-state index contributed by atoms with van der Waals surface area (Å²) >= 11 is 0. The molecular formula is C15H24BN3O4. The maximum Gasteiger partial charge on any atom is 0.498 e. The molecule has 7 nitrogen and oxygen atoms in total. The average Bonchev–Trinajstić information content (AvgIpc) is 2.68. The van der Waals surface area contributed by atoms with Crippen LogP contribution in [0, 0.1) is 10.1 Å². The minimum Gasteiger partial charge on any atom is -0.399 e. The van der Waals surface area contributed by atoms with Gasteiger partial charge in [-0.05, 0) is 41.5 Å². The third-order valence-corrected chi connectivity index (χ3v) is 4.66. The van der Waals surface area contributed by atoms with Crippen molar-refractivity contribution in [2.45, 2.75) is 52.7 Å². The van der Waals surface area contributed by atoms with Gasteiger partial charge in [0.05, 0.1) is 16.1 Å². The maximum atomic E-state index is 11.1. The molecule has 0 radical (unpaired) electrons. The highest BCUT2D eigenvalue weighted by Crippen LogP contribution is 2.37. The third kappa shape index (κ3) is 3.18. The van der Waals surface area contributed by atoms with E-state index in [9.17, 15) is 10.1 Å². The molecule has 1 aromatic heterocycles. The number of nitro groups is 1. The molecule has 126 valence electrons. The summed E-state index contributed by atoms with van der Waals surface area (Å²) in [6, 6.07) is 1.50. The van der Waals surface area contributed by atoms with Crippen LogP contribution in [0.4, 0.5) is 11.5 Å². The Morgan fingerprint density at radius 1 is 1.22 bits per heavy atom. The molecule has 1 aromatic rings. The van der Waals surface area contributed by atoms with Crippen LogP contribution in [0.15, 0.2) is 12.3 Å². The Morgan fingerprint density at radius 2 is 1.74 bits per heavy atom. The summed E-state index contributed by atoms with van der Waals surface area (Å²) in [5, 5.41) is 11.1. The van der Waals surface area contributed by atoms with E-state index in [-0.39, 0.29) is 5.69 Å². The molecule has 0 spiro atoms. The van der Waals surface area contributed by atoms with E-state index < -0.39 is 23.2 Å². The Bertz CT molecular complexity index is 586. The van der Waals surface area contributed by atoms with E-state index in [0.29, 0.717) is 11.3 Å². The second-order valence-electron chi connectivity index (χ2n) is 6.62. The van der Waals surface area contributed by atoms with Crippen molar-refractivity contribution in [2.75, 3.05) is 18.0 Å². The zero-order valence-electron chi connectivity index (χ0n) is 14.6. The van der Waals surface area contributed by atoms with Crippen LogP contribution in [0.2, 0.25) is 0 Å². The van der Waals surface area contributed by atoms with E-state index in [4.69, 9.17) is 9.31 Å². The Balaban J connectivity index is 2.50. The smallest absolute Gasteiger partial charge is 0.399 e. The van der Waals surface area contributed by atoms with Gasteiger partial charge in [-0.3, -0.25) is 10.1 Å². The van der Waals surface area contributed by atoms with Crippen molar-refractivity contribution in [1.29, 1.82) is 0 Å². The number of pyridine rings is 1. The molecular weight excluding hydrogens is 297 g/mol. The lowest BCUT2D eigenvalue weighted by atomic mass is 9.78. The highest BCUT2D eigenvalue weighted by atomic mass is 16.7. The Labute approximate surface area is 137 Å². The SMILES string of the molecule is CCN(CC)c1ncc([N+](=O)[O-])cc1B1OC(C)(C)C(C)(C)O1. The summed E-state index contributed by atoms with van der Waals surface area (Å²) in [5.41, 5.74) is -0.488. The Kier molecular flexibility index (Phi) is 4.68. The van der Waals surface area contributed by atoms with E-state index in [1.807, 2.05) is 46.4 Å². The van der Waals surface area contributed by atoms with Crippen LogP contribution in [0.25, 0.3) is 0 Å². The van der Waals surface area contributed by atoms with Gasteiger partial charge in [0, 0.05) is 24.6 Å². The van der Waals surface area contributed by atoms with Gasteiger partial charge in [-0.1, -0.05) is 0 Å². The fourth-order valence-corrected chi connectivity index (χ4v) is 2.49. The standard InChI is InChI=1S/C15H24BN3O4/c1-7-18(8-2)13-12(9-11(10-17-13)19(20)21)16-22-14(3,4)15(5,6)23-16/h9-10H,7-8H2,1-6H3. The van der Waals surface area contributed by atoms with Gasteiger partial charge in [0.15, 0.2) is 0 Å². The minimum atomic E-state index is -0.678. The molecule has 1 aliphatic heterocycles. The summed E-state index contributed by atoms with van der Waals surface area (Å²) < 4.78 is 12.1. The van der Waals surface area contributed by atoms with Crippen LogP contribution >= 0.6 is 0 Å². The monoisotopic (exact) mass is 321 g/mol. The molecule has 0 saturated carbocycles. The van der Waals surface area contributed by atoms with Gasteiger partial charge in [-0.25, -0.2) is 4.98 Å². The first-order valence-corrected chi connectivity index (χ1v) is 7.88. The number of hydrogen-bond donors (Lipinski definition) is 0. The number of nitrogens with zero attached hydrogens (tertiary/aromatic N) is 3. The first-order valence-electron chi connectivity index (χ1n) is 7.88. The molecule has 0 unspecified atom stereocenters. The predicted octanol–water partition coefficient (Wildman–Crippen LogP) is 2.14. The Morgan fingerprint density at radius 3 is 2.17 bits per heavy atom. The van der Waals surface area contributed by atoms with Gasteiger partial charge in [0.25, 0.3) is 5.69 Å². The molecule has 0 amide bonds. The van der Waals surface area contributed by atoms with Crippen molar-refractivity contribution in [3.8, 4) is 0 Å². The molecule has 23 heavy (non-hydrogen) atoms. The van der Waals surface area contributed by atoms with E-state index in [1.54, 1.807) is 0 Å². The third-order valence-electron chi connectivity index (χ3n) is 4.66.